The largest absolute Gasteiger partial charge is 0.355 e. The number of rotatable bonds is 3. The van der Waals surface area contributed by atoms with Gasteiger partial charge in [-0.15, -0.1) is 4.36 Å². The summed E-state index contributed by atoms with van der Waals surface area (Å²) in [4.78, 5) is 24.5. The van der Waals surface area contributed by atoms with Crippen molar-refractivity contribution in [2.75, 3.05) is 5.32 Å². The molecule has 1 aromatic carbocycles. The molecule has 4 rings (SSSR count). The second-order valence-corrected chi connectivity index (χ2v) is 8.69. The van der Waals surface area contributed by atoms with Gasteiger partial charge in [0, 0.05) is 28.7 Å². The van der Waals surface area contributed by atoms with E-state index in [1.54, 1.807) is 26.0 Å². The summed E-state index contributed by atoms with van der Waals surface area (Å²) in [6, 6.07) is 5.94. The van der Waals surface area contributed by atoms with Crippen molar-refractivity contribution in [2.24, 2.45) is 9.50 Å². The highest BCUT2D eigenvalue weighted by Gasteiger charge is 2.24. The molecule has 30 heavy (non-hydrogen) atoms. The van der Waals surface area contributed by atoms with Gasteiger partial charge in [0.2, 0.25) is 5.16 Å². The lowest BCUT2D eigenvalue weighted by Crippen LogP contribution is -2.22. The second kappa shape index (κ2) is 7.54. The molecule has 0 bridgehead atoms. The van der Waals surface area contributed by atoms with Crippen LogP contribution < -0.4 is 10.5 Å². The zero-order valence-electron chi connectivity index (χ0n) is 16.3. The summed E-state index contributed by atoms with van der Waals surface area (Å²) < 4.78 is 30.8. The fraction of sp³-hybridized carbons (Fsp3) is 0.200. The topological polar surface area (TPSA) is 123 Å². The van der Waals surface area contributed by atoms with E-state index in [2.05, 4.69) is 24.6 Å². The highest BCUT2D eigenvalue weighted by molar-refractivity contribution is 7.91. The maximum Gasteiger partial charge on any atom is 0.355 e. The van der Waals surface area contributed by atoms with Crippen LogP contribution in [0.25, 0.3) is 11.1 Å². The van der Waals surface area contributed by atoms with Crippen molar-refractivity contribution < 1.29 is 13.4 Å². The summed E-state index contributed by atoms with van der Waals surface area (Å²) >= 11 is 0. The Hall–Kier alpha value is -3.24. The molecule has 10 heteroatoms. The molecule has 154 valence electrons. The van der Waals surface area contributed by atoms with Gasteiger partial charge in [-0.3, -0.25) is 4.98 Å². The first-order valence-electron chi connectivity index (χ1n) is 9.17. The van der Waals surface area contributed by atoms with E-state index in [1.165, 1.54) is 12.3 Å². The molecule has 1 aliphatic carbocycles. The van der Waals surface area contributed by atoms with Crippen molar-refractivity contribution >= 4 is 21.6 Å². The van der Waals surface area contributed by atoms with Crippen LogP contribution in [0.15, 0.2) is 46.2 Å². The lowest BCUT2D eigenvalue weighted by atomic mass is 9.84. The maximum absolute atomic E-state index is 14.3. The molecule has 2 amide bonds. The first kappa shape index (κ1) is 20.0. The minimum atomic E-state index is -3.66. The van der Waals surface area contributed by atoms with Gasteiger partial charge in [-0.05, 0) is 49.9 Å². The van der Waals surface area contributed by atoms with E-state index in [0.717, 1.165) is 30.2 Å². The van der Waals surface area contributed by atoms with Crippen LogP contribution in [0.4, 0.5) is 14.9 Å². The number of pyridine rings is 1. The minimum absolute atomic E-state index is 0.211. The molecule has 3 aromatic rings. The Bertz CT molecular complexity index is 1280. The highest BCUT2D eigenvalue weighted by Crippen LogP contribution is 2.39. The zero-order chi connectivity index (χ0) is 21.5. The number of aryl methyl sites for hydroxylation is 3. The number of nitrogens with zero attached hydrogens (tertiary/aromatic N) is 4. The third-order valence-corrected chi connectivity index (χ3v) is 5.93. The first-order chi connectivity index (χ1) is 14.2. The number of carbonyl (C=O) groups is 1. The Kier molecular flexibility index (Phi) is 5.04. The number of amides is 2. The van der Waals surface area contributed by atoms with E-state index in [4.69, 9.17) is 5.14 Å². The Morgan fingerprint density at radius 2 is 1.90 bits per heavy atom. The van der Waals surface area contributed by atoms with Crippen LogP contribution in [0, 0.1) is 19.7 Å². The van der Waals surface area contributed by atoms with Crippen LogP contribution in [-0.2, 0) is 22.8 Å². The number of anilines is 1. The Morgan fingerprint density at radius 3 is 2.53 bits per heavy atom. The number of urea groups is 1. The SMILES string of the molecule is Cc1cc(C)nc(S(N)(=O)=NC(=O)Nc2c(-c3ccncc3F)ccc3c2CC3)n1. The number of aromatic nitrogens is 3. The zero-order valence-corrected chi connectivity index (χ0v) is 17.2. The Balaban J connectivity index is 1.74. The van der Waals surface area contributed by atoms with Crippen LogP contribution in [0.3, 0.4) is 0 Å². The quantitative estimate of drug-likeness (QED) is 0.622. The standard InChI is InChI=1S/C20H19FN6O2S/c1-11-9-12(2)25-20(24-11)30(22,29)27-19(28)26-18-14-5-3-13(14)4-6-16(18)15-7-8-23-10-17(15)21/h4,6-10H,3,5H2,1-2H3,(H3,22,26,27,28,29). The number of benzene rings is 1. The molecule has 1 aliphatic rings. The van der Waals surface area contributed by atoms with Crippen LogP contribution in [0.5, 0.6) is 0 Å². The molecule has 2 aromatic heterocycles. The van der Waals surface area contributed by atoms with Gasteiger partial charge in [0.1, 0.15) is 5.82 Å². The number of hydrogen-bond acceptors (Lipinski definition) is 5. The number of nitrogens with one attached hydrogen (secondary N) is 1. The van der Waals surface area contributed by atoms with Crippen LogP contribution in [0.2, 0.25) is 0 Å². The molecular formula is C20H19FN6O2S. The third kappa shape index (κ3) is 3.79. The summed E-state index contributed by atoms with van der Waals surface area (Å²) in [6.07, 6.45) is 4.16. The van der Waals surface area contributed by atoms with Gasteiger partial charge < -0.3 is 5.32 Å². The first-order valence-corrected chi connectivity index (χ1v) is 10.8. The van der Waals surface area contributed by atoms with Gasteiger partial charge in [0.05, 0.1) is 11.9 Å². The molecule has 3 N–H and O–H groups in total. The molecule has 1 atom stereocenters. The highest BCUT2D eigenvalue weighted by atomic mass is 32.2. The normalized spacial score (nSPS) is 14.3. The van der Waals surface area contributed by atoms with E-state index in [-0.39, 0.29) is 5.16 Å². The molecule has 0 saturated carbocycles. The molecule has 1 unspecified atom stereocenters. The monoisotopic (exact) mass is 426 g/mol. The predicted molar refractivity (Wildman–Crippen MR) is 111 cm³/mol. The van der Waals surface area contributed by atoms with E-state index in [0.29, 0.717) is 28.2 Å². The van der Waals surface area contributed by atoms with Crippen LogP contribution >= 0.6 is 0 Å². The van der Waals surface area contributed by atoms with Gasteiger partial charge in [-0.2, -0.15) is 0 Å². The van der Waals surface area contributed by atoms with Gasteiger partial charge in [0.15, 0.2) is 9.92 Å². The second-order valence-electron chi connectivity index (χ2n) is 7.00. The van der Waals surface area contributed by atoms with Gasteiger partial charge in [0.25, 0.3) is 0 Å². The Labute approximate surface area is 173 Å². The van der Waals surface area contributed by atoms with Crippen LogP contribution in [-0.4, -0.2) is 25.2 Å². The molecule has 2 heterocycles. The molecule has 0 radical (unpaired) electrons. The van der Waals surface area contributed by atoms with E-state index in [1.807, 2.05) is 6.07 Å². The number of hydrogen-bond donors (Lipinski definition) is 2. The van der Waals surface area contributed by atoms with E-state index in [9.17, 15) is 13.4 Å². The van der Waals surface area contributed by atoms with Crippen molar-refractivity contribution in [2.45, 2.75) is 31.8 Å². The summed E-state index contributed by atoms with van der Waals surface area (Å²) in [5.74, 6) is -0.518. The van der Waals surface area contributed by atoms with Gasteiger partial charge in [-0.25, -0.2) is 28.5 Å². The fourth-order valence-corrected chi connectivity index (χ4v) is 4.30. The molecular weight excluding hydrogens is 407 g/mol. The van der Waals surface area contributed by atoms with E-state index >= 15 is 0 Å². The number of carbonyl (C=O) groups excluding carboxylic acids is 1. The number of halogens is 1. The molecule has 0 saturated heterocycles. The minimum Gasteiger partial charge on any atom is -0.305 e. The van der Waals surface area contributed by atoms with Crippen LogP contribution in [0.1, 0.15) is 22.5 Å². The third-order valence-electron chi connectivity index (χ3n) is 4.79. The van der Waals surface area contributed by atoms with E-state index < -0.39 is 21.8 Å². The average molecular weight is 426 g/mol. The summed E-state index contributed by atoms with van der Waals surface area (Å²) in [6.45, 7) is 3.40. The predicted octanol–water partition coefficient (Wildman–Crippen LogP) is 3.33. The smallest absolute Gasteiger partial charge is 0.305 e. The molecule has 8 nitrogen and oxygen atoms in total. The van der Waals surface area contributed by atoms with Gasteiger partial charge >= 0.3 is 6.03 Å². The number of fused-ring (bicyclic) bond motifs is 1. The maximum atomic E-state index is 14.3. The lowest BCUT2D eigenvalue weighted by Gasteiger charge is -2.25. The lowest BCUT2D eigenvalue weighted by molar-refractivity contribution is 0.260. The van der Waals surface area contributed by atoms with Crippen molar-refractivity contribution in [3.8, 4) is 11.1 Å². The molecule has 0 aliphatic heterocycles. The summed E-state index contributed by atoms with van der Waals surface area (Å²) in [7, 11) is -3.66. The fourth-order valence-electron chi connectivity index (χ4n) is 3.37. The van der Waals surface area contributed by atoms with Crippen molar-refractivity contribution in [1.82, 2.24) is 15.0 Å². The van der Waals surface area contributed by atoms with Gasteiger partial charge in [-0.1, -0.05) is 12.1 Å². The average Bonchev–Trinajstić information content (AvgIpc) is 2.62. The molecule has 0 spiro atoms. The van der Waals surface area contributed by atoms with Crippen molar-refractivity contribution in [1.29, 1.82) is 0 Å². The summed E-state index contributed by atoms with van der Waals surface area (Å²) in [5, 5.41) is 8.23. The summed E-state index contributed by atoms with van der Waals surface area (Å²) in [5.41, 5.74) is 4.27. The van der Waals surface area contributed by atoms with Crippen molar-refractivity contribution in [3.05, 3.63) is 65.0 Å². The number of nitrogens with two attached hydrogens (primary N) is 1. The van der Waals surface area contributed by atoms with Crippen molar-refractivity contribution in [3.63, 3.8) is 0 Å². The molecule has 0 fully saturated rings. The Morgan fingerprint density at radius 1 is 1.17 bits per heavy atom.